The monoisotopic (exact) mass is 285 g/mol. The van der Waals surface area contributed by atoms with Gasteiger partial charge in [-0.05, 0) is 26.2 Å². The number of rotatable bonds is 7. The summed E-state index contributed by atoms with van der Waals surface area (Å²) in [5.74, 6) is -0.853. The lowest BCUT2D eigenvalue weighted by molar-refractivity contribution is -0.138. The van der Waals surface area contributed by atoms with Crippen LogP contribution in [0.3, 0.4) is 0 Å². The number of hydrogen-bond donors (Lipinski definition) is 1. The molecule has 116 valence electrons. The first-order valence-corrected chi connectivity index (χ1v) is 7.77. The van der Waals surface area contributed by atoms with Crippen molar-refractivity contribution >= 4 is 12.1 Å². The van der Waals surface area contributed by atoms with E-state index in [1.165, 1.54) is 6.42 Å². The molecule has 5 nitrogen and oxygen atoms in total. The van der Waals surface area contributed by atoms with Crippen LogP contribution in [0.1, 0.15) is 65.2 Å². The van der Waals surface area contributed by atoms with E-state index in [2.05, 4.69) is 0 Å². The minimum absolute atomic E-state index is 0.00313. The molecule has 1 aliphatic carbocycles. The first-order chi connectivity index (χ1) is 9.60. The number of nitrogens with zero attached hydrogens (tertiary/aromatic N) is 1. The van der Waals surface area contributed by atoms with Crippen LogP contribution in [0.15, 0.2) is 0 Å². The minimum atomic E-state index is -0.853. The molecular weight excluding hydrogens is 258 g/mol. The van der Waals surface area contributed by atoms with Crippen LogP contribution in [0.2, 0.25) is 0 Å². The van der Waals surface area contributed by atoms with Crippen molar-refractivity contribution in [3.8, 4) is 0 Å². The summed E-state index contributed by atoms with van der Waals surface area (Å²) >= 11 is 0. The predicted molar refractivity (Wildman–Crippen MR) is 76.7 cm³/mol. The van der Waals surface area contributed by atoms with Gasteiger partial charge in [-0.2, -0.15) is 0 Å². The third kappa shape index (κ3) is 5.02. The van der Waals surface area contributed by atoms with Gasteiger partial charge in [0.05, 0.1) is 13.0 Å². The van der Waals surface area contributed by atoms with Crippen molar-refractivity contribution in [2.45, 2.75) is 77.3 Å². The van der Waals surface area contributed by atoms with Crippen LogP contribution >= 0.6 is 0 Å². The van der Waals surface area contributed by atoms with E-state index in [0.29, 0.717) is 13.0 Å². The highest BCUT2D eigenvalue weighted by Crippen LogP contribution is 2.27. The molecule has 0 radical (unpaired) electrons. The highest BCUT2D eigenvalue weighted by Gasteiger charge is 2.33. The molecule has 0 heterocycles. The fourth-order valence-corrected chi connectivity index (χ4v) is 3.03. The van der Waals surface area contributed by atoms with Crippen molar-refractivity contribution in [3.63, 3.8) is 0 Å². The maximum absolute atomic E-state index is 12.3. The smallest absolute Gasteiger partial charge is 0.410 e. The second kappa shape index (κ2) is 8.82. The van der Waals surface area contributed by atoms with Gasteiger partial charge in [-0.3, -0.25) is 4.79 Å². The molecule has 0 aromatic rings. The van der Waals surface area contributed by atoms with E-state index in [1.807, 2.05) is 6.92 Å². The number of aliphatic carboxylic acids is 1. The van der Waals surface area contributed by atoms with Gasteiger partial charge in [0.1, 0.15) is 0 Å². The summed E-state index contributed by atoms with van der Waals surface area (Å²) < 4.78 is 5.16. The predicted octanol–water partition coefficient (Wildman–Crippen LogP) is 3.42. The third-order valence-corrected chi connectivity index (χ3v) is 3.87. The topological polar surface area (TPSA) is 66.8 Å². The van der Waals surface area contributed by atoms with E-state index >= 15 is 0 Å². The second-order valence-electron chi connectivity index (χ2n) is 5.44. The molecule has 1 fully saturated rings. The maximum atomic E-state index is 12.3. The first-order valence-electron chi connectivity index (χ1n) is 7.77. The largest absolute Gasteiger partial charge is 0.481 e. The van der Waals surface area contributed by atoms with Crippen molar-refractivity contribution < 1.29 is 19.4 Å². The molecule has 1 aliphatic rings. The number of carboxylic acids is 1. The third-order valence-electron chi connectivity index (χ3n) is 3.87. The van der Waals surface area contributed by atoms with E-state index in [9.17, 15) is 9.59 Å². The highest BCUT2D eigenvalue weighted by atomic mass is 16.6. The average molecular weight is 285 g/mol. The van der Waals surface area contributed by atoms with Gasteiger partial charge in [0.25, 0.3) is 0 Å². The van der Waals surface area contributed by atoms with Crippen LogP contribution in [0.4, 0.5) is 4.79 Å². The molecule has 5 heteroatoms. The standard InChI is InChI=1S/C15H27NO4/c1-3-8-13(11-14(17)18)16(15(19)20-4-2)12-9-6-5-7-10-12/h12-13H,3-11H2,1-2H3,(H,17,18). The van der Waals surface area contributed by atoms with Gasteiger partial charge in [0.2, 0.25) is 0 Å². The second-order valence-corrected chi connectivity index (χ2v) is 5.44. The molecule has 1 saturated carbocycles. The van der Waals surface area contributed by atoms with Gasteiger partial charge in [0.15, 0.2) is 0 Å². The van der Waals surface area contributed by atoms with E-state index in [-0.39, 0.29) is 24.6 Å². The Morgan fingerprint density at radius 3 is 2.40 bits per heavy atom. The van der Waals surface area contributed by atoms with E-state index in [4.69, 9.17) is 9.84 Å². The van der Waals surface area contributed by atoms with Crippen molar-refractivity contribution in [2.75, 3.05) is 6.61 Å². The Hall–Kier alpha value is -1.26. The van der Waals surface area contributed by atoms with Crippen LogP contribution in [0.25, 0.3) is 0 Å². The molecule has 1 atom stereocenters. The Balaban J connectivity index is 2.85. The van der Waals surface area contributed by atoms with Crippen LogP contribution < -0.4 is 0 Å². The summed E-state index contributed by atoms with van der Waals surface area (Å²) in [5.41, 5.74) is 0. The summed E-state index contributed by atoms with van der Waals surface area (Å²) in [5, 5.41) is 9.09. The molecule has 0 bridgehead atoms. The zero-order chi connectivity index (χ0) is 15.0. The lowest BCUT2D eigenvalue weighted by Crippen LogP contribution is -2.49. The van der Waals surface area contributed by atoms with Crippen molar-refractivity contribution in [3.05, 3.63) is 0 Å². The Kier molecular flexibility index (Phi) is 7.41. The number of carboxylic acid groups (broad SMARTS) is 1. The molecule has 1 N–H and O–H groups in total. The SMILES string of the molecule is CCCC(CC(=O)O)N(C(=O)OCC)C1CCCCC1. The molecule has 1 amide bonds. The zero-order valence-electron chi connectivity index (χ0n) is 12.6. The lowest BCUT2D eigenvalue weighted by atomic mass is 9.92. The van der Waals surface area contributed by atoms with Gasteiger partial charge < -0.3 is 14.7 Å². The molecule has 0 aromatic heterocycles. The lowest BCUT2D eigenvalue weighted by Gasteiger charge is -2.38. The number of ether oxygens (including phenoxy) is 1. The molecule has 0 aromatic carbocycles. The number of amides is 1. The van der Waals surface area contributed by atoms with E-state index in [1.54, 1.807) is 11.8 Å². The summed E-state index contributed by atoms with van der Waals surface area (Å²) in [6, 6.07) is -0.113. The minimum Gasteiger partial charge on any atom is -0.481 e. The molecular formula is C15H27NO4. The maximum Gasteiger partial charge on any atom is 0.410 e. The van der Waals surface area contributed by atoms with Crippen LogP contribution in [0.5, 0.6) is 0 Å². The number of hydrogen-bond acceptors (Lipinski definition) is 3. The molecule has 0 saturated heterocycles. The van der Waals surface area contributed by atoms with Gasteiger partial charge in [-0.25, -0.2) is 4.79 Å². The molecule has 0 spiro atoms. The fraction of sp³-hybridized carbons (Fsp3) is 0.867. The quantitative estimate of drug-likeness (QED) is 0.778. The average Bonchev–Trinajstić information content (AvgIpc) is 2.40. The molecule has 1 rings (SSSR count). The van der Waals surface area contributed by atoms with Crippen molar-refractivity contribution in [1.29, 1.82) is 0 Å². The van der Waals surface area contributed by atoms with E-state index in [0.717, 1.165) is 32.1 Å². The van der Waals surface area contributed by atoms with Gasteiger partial charge in [-0.1, -0.05) is 32.6 Å². The number of carbonyl (C=O) groups is 2. The highest BCUT2D eigenvalue weighted by molar-refractivity contribution is 5.71. The van der Waals surface area contributed by atoms with Gasteiger partial charge >= 0.3 is 12.1 Å². The zero-order valence-corrected chi connectivity index (χ0v) is 12.6. The Bertz CT molecular complexity index is 313. The van der Waals surface area contributed by atoms with Crippen LogP contribution in [-0.2, 0) is 9.53 Å². The Morgan fingerprint density at radius 2 is 1.90 bits per heavy atom. The fourth-order valence-electron chi connectivity index (χ4n) is 3.03. The summed E-state index contributed by atoms with van der Waals surface area (Å²) in [6.45, 7) is 4.12. The molecule has 1 unspecified atom stereocenters. The van der Waals surface area contributed by atoms with E-state index < -0.39 is 5.97 Å². The van der Waals surface area contributed by atoms with Crippen molar-refractivity contribution in [1.82, 2.24) is 4.90 Å². The van der Waals surface area contributed by atoms with Crippen LogP contribution in [0, 0.1) is 0 Å². The normalized spacial score (nSPS) is 17.5. The van der Waals surface area contributed by atoms with Gasteiger partial charge in [0, 0.05) is 12.1 Å². The summed E-state index contributed by atoms with van der Waals surface area (Å²) in [4.78, 5) is 25.0. The molecule has 20 heavy (non-hydrogen) atoms. The summed E-state index contributed by atoms with van der Waals surface area (Å²) in [6.07, 6.45) is 6.55. The van der Waals surface area contributed by atoms with Crippen molar-refractivity contribution in [2.24, 2.45) is 0 Å². The Morgan fingerprint density at radius 1 is 1.25 bits per heavy atom. The summed E-state index contributed by atoms with van der Waals surface area (Å²) in [7, 11) is 0. The van der Waals surface area contributed by atoms with Gasteiger partial charge in [-0.15, -0.1) is 0 Å². The Labute approximate surface area is 121 Å². The molecule has 0 aliphatic heterocycles. The first kappa shape index (κ1) is 16.8. The number of carbonyl (C=O) groups excluding carboxylic acids is 1. The van der Waals surface area contributed by atoms with Crippen LogP contribution in [-0.4, -0.2) is 40.8 Å².